The van der Waals surface area contributed by atoms with E-state index in [0.717, 1.165) is 19.3 Å². The summed E-state index contributed by atoms with van der Waals surface area (Å²) in [6, 6.07) is 0. The third-order valence-electron chi connectivity index (χ3n) is 3.68. The van der Waals surface area contributed by atoms with Crippen LogP contribution in [-0.4, -0.2) is 35.3 Å². The second kappa shape index (κ2) is 4.20. The lowest BCUT2D eigenvalue weighted by Crippen LogP contribution is -2.19. The second-order valence-electron chi connectivity index (χ2n) is 4.73. The van der Waals surface area contributed by atoms with E-state index in [1.807, 2.05) is 0 Å². The average molecular weight is 249 g/mol. The molecule has 3 unspecified atom stereocenters. The highest BCUT2D eigenvalue weighted by Crippen LogP contribution is 2.43. The van der Waals surface area contributed by atoms with Crippen LogP contribution < -0.4 is 5.73 Å². The molecule has 2 aliphatic heterocycles. The SMILES string of the molecule is COC(=O)c1cnc(C2CC3CCC2O3)nc1N. The number of anilines is 1. The number of nitrogens with zero attached hydrogens (tertiary/aromatic N) is 2. The highest BCUT2D eigenvalue weighted by molar-refractivity contribution is 5.93. The average Bonchev–Trinajstić information content (AvgIpc) is 3.00. The van der Waals surface area contributed by atoms with Crippen molar-refractivity contribution >= 4 is 11.8 Å². The minimum absolute atomic E-state index is 0.176. The molecule has 2 bridgehead atoms. The molecule has 3 rings (SSSR count). The summed E-state index contributed by atoms with van der Waals surface area (Å²) in [5.41, 5.74) is 5.98. The molecular formula is C12H15N3O3. The molecule has 0 spiro atoms. The minimum Gasteiger partial charge on any atom is -0.465 e. The van der Waals surface area contributed by atoms with Crippen LogP contribution in [0.25, 0.3) is 0 Å². The molecule has 1 aromatic rings. The number of ether oxygens (including phenoxy) is 2. The molecule has 6 nitrogen and oxygen atoms in total. The zero-order valence-electron chi connectivity index (χ0n) is 10.1. The van der Waals surface area contributed by atoms with Crippen molar-refractivity contribution < 1.29 is 14.3 Å². The number of fused-ring (bicyclic) bond motifs is 2. The summed E-state index contributed by atoms with van der Waals surface area (Å²) >= 11 is 0. The maximum Gasteiger partial charge on any atom is 0.343 e. The van der Waals surface area contributed by atoms with E-state index in [0.29, 0.717) is 11.9 Å². The predicted molar refractivity (Wildman–Crippen MR) is 63.0 cm³/mol. The maximum atomic E-state index is 11.4. The van der Waals surface area contributed by atoms with E-state index < -0.39 is 5.97 Å². The molecule has 2 saturated heterocycles. The van der Waals surface area contributed by atoms with Crippen LogP contribution in [0, 0.1) is 0 Å². The molecule has 0 aliphatic carbocycles. The number of esters is 1. The Morgan fingerprint density at radius 2 is 2.39 bits per heavy atom. The van der Waals surface area contributed by atoms with E-state index >= 15 is 0 Å². The highest BCUT2D eigenvalue weighted by atomic mass is 16.5. The highest BCUT2D eigenvalue weighted by Gasteiger charge is 2.43. The van der Waals surface area contributed by atoms with Gasteiger partial charge in [0.05, 0.1) is 19.3 Å². The van der Waals surface area contributed by atoms with E-state index in [9.17, 15) is 4.79 Å². The van der Waals surface area contributed by atoms with Crippen LogP contribution in [0.15, 0.2) is 6.20 Å². The molecule has 0 radical (unpaired) electrons. The fourth-order valence-electron chi connectivity index (χ4n) is 2.76. The van der Waals surface area contributed by atoms with Gasteiger partial charge in [0.25, 0.3) is 0 Å². The van der Waals surface area contributed by atoms with E-state index in [1.54, 1.807) is 0 Å². The predicted octanol–water partition coefficient (Wildman–Crippen LogP) is 0.880. The van der Waals surface area contributed by atoms with Crippen molar-refractivity contribution in [3.63, 3.8) is 0 Å². The molecule has 0 amide bonds. The Balaban J connectivity index is 1.86. The Morgan fingerprint density at radius 3 is 2.94 bits per heavy atom. The zero-order chi connectivity index (χ0) is 12.7. The van der Waals surface area contributed by atoms with Gasteiger partial charge < -0.3 is 15.2 Å². The van der Waals surface area contributed by atoms with Gasteiger partial charge in [-0.25, -0.2) is 14.8 Å². The molecule has 18 heavy (non-hydrogen) atoms. The zero-order valence-corrected chi connectivity index (χ0v) is 10.1. The maximum absolute atomic E-state index is 11.4. The van der Waals surface area contributed by atoms with Crippen LogP contribution in [0.4, 0.5) is 5.82 Å². The van der Waals surface area contributed by atoms with Crippen LogP contribution in [-0.2, 0) is 9.47 Å². The van der Waals surface area contributed by atoms with Gasteiger partial charge >= 0.3 is 5.97 Å². The van der Waals surface area contributed by atoms with E-state index in [4.69, 9.17) is 10.5 Å². The molecule has 6 heteroatoms. The van der Waals surface area contributed by atoms with E-state index in [-0.39, 0.29) is 23.4 Å². The van der Waals surface area contributed by atoms with Gasteiger partial charge in [0.2, 0.25) is 0 Å². The first-order valence-corrected chi connectivity index (χ1v) is 6.05. The molecular weight excluding hydrogens is 234 g/mol. The van der Waals surface area contributed by atoms with Gasteiger partial charge in [-0.15, -0.1) is 0 Å². The summed E-state index contributed by atoms with van der Waals surface area (Å²) in [4.78, 5) is 19.9. The van der Waals surface area contributed by atoms with Crippen LogP contribution in [0.2, 0.25) is 0 Å². The lowest BCUT2D eigenvalue weighted by Gasteiger charge is -2.17. The van der Waals surface area contributed by atoms with Gasteiger partial charge in [-0.1, -0.05) is 0 Å². The van der Waals surface area contributed by atoms with Crippen molar-refractivity contribution in [2.24, 2.45) is 0 Å². The van der Waals surface area contributed by atoms with Crippen molar-refractivity contribution in [3.05, 3.63) is 17.6 Å². The van der Waals surface area contributed by atoms with E-state index in [2.05, 4.69) is 14.7 Å². The molecule has 2 fully saturated rings. The minimum atomic E-state index is -0.511. The molecule has 3 atom stereocenters. The summed E-state index contributed by atoms with van der Waals surface area (Å²) in [7, 11) is 1.31. The number of nitrogen functional groups attached to an aromatic ring is 1. The molecule has 2 N–H and O–H groups in total. The normalized spacial score (nSPS) is 29.5. The van der Waals surface area contributed by atoms with Gasteiger partial charge in [0, 0.05) is 12.1 Å². The quantitative estimate of drug-likeness (QED) is 0.783. The van der Waals surface area contributed by atoms with Gasteiger partial charge in [0.15, 0.2) is 0 Å². The van der Waals surface area contributed by atoms with Crippen LogP contribution in [0.1, 0.15) is 41.4 Å². The number of carbonyl (C=O) groups is 1. The Labute approximate surface area is 105 Å². The number of aromatic nitrogens is 2. The Kier molecular flexibility index (Phi) is 2.66. The molecule has 1 aromatic heterocycles. The van der Waals surface area contributed by atoms with Crippen molar-refractivity contribution in [2.75, 3.05) is 12.8 Å². The fourth-order valence-corrected chi connectivity index (χ4v) is 2.76. The van der Waals surface area contributed by atoms with Crippen molar-refractivity contribution in [1.29, 1.82) is 0 Å². The van der Waals surface area contributed by atoms with E-state index in [1.165, 1.54) is 13.3 Å². The Morgan fingerprint density at radius 1 is 1.56 bits per heavy atom. The number of hydrogen-bond donors (Lipinski definition) is 1. The number of methoxy groups -OCH3 is 1. The Bertz CT molecular complexity index is 491. The third kappa shape index (κ3) is 1.73. The van der Waals surface area contributed by atoms with Crippen LogP contribution in [0.3, 0.4) is 0 Å². The molecule has 2 aliphatic rings. The second-order valence-corrected chi connectivity index (χ2v) is 4.73. The lowest BCUT2D eigenvalue weighted by atomic mass is 9.88. The van der Waals surface area contributed by atoms with Gasteiger partial charge in [-0.05, 0) is 19.3 Å². The fraction of sp³-hybridized carbons (Fsp3) is 0.583. The molecule has 3 heterocycles. The summed E-state index contributed by atoms with van der Waals surface area (Å²) in [6.07, 6.45) is 5.11. The van der Waals surface area contributed by atoms with Gasteiger partial charge in [-0.2, -0.15) is 0 Å². The first kappa shape index (κ1) is 11.4. The van der Waals surface area contributed by atoms with Crippen LogP contribution in [0.5, 0.6) is 0 Å². The lowest BCUT2D eigenvalue weighted by molar-refractivity contribution is 0.0601. The smallest absolute Gasteiger partial charge is 0.343 e. The molecule has 96 valence electrons. The monoisotopic (exact) mass is 249 g/mol. The summed E-state index contributed by atoms with van der Waals surface area (Å²) < 4.78 is 10.4. The topological polar surface area (TPSA) is 87.3 Å². The first-order valence-electron chi connectivity index (χ1n) is 6.05. The van der Waals surface area contributed by atoms with Crippen molar-refractivity contribution in [2.45, 2.75) is 37.4 Å². The largest absolute Gasteiger partial charge is 0.465 e. The molecule has 0 aromatic carbocycles. The standard InChI is InChI=1S/C12H15N3O3/c1-17-12(16)8-5-14-11(15-10(8)13)7-4-6-2-3-9(7)18-6/h5-7,9H,2-4H2,1H3,(H2,13,14,15). The molecule has 0 saturated carbocycles. The number of nitrogens with two attached hydrogens (primary N) is 1. The van der Waals surface area contributed by atoms with Gasteiger partial charge in [-0.3, -0.25) is 0 Å². The van der Waals surface area contributed by atoms with Crippen molar-refractivity contribution in [1.82, 2.24) is 9.97 Å². The number of rotatable bonds is 2. The first-order chi connectivity index (χ1) is 8.69. The number of hydrogen-bond acceptors (Lipinski definition) is 6. The third-order valence-corrected chi connectivity index (χ3v) is 3.68. The number of carbonyl (C=O) groups excluding carboxylic acids is 1. The van der Waals surface area contributed by atoms with Crippen molar-refractivity contribution in [3.8, 4) is 0 Å². The summed E-state index contributed by atoms with van der Waals surface area (Å²) in [6.45, 7) is 0. The van der Waals surface area contributed by atoms with Gasteiger partial charge in [0.1, 0.15) is 17.2 Å². The summed E-state index contributed by atoms with van der Waals surface area (Å²) in [5, 5.41) is 0. The Hall–Kier alpha value is -1.69. The van der Waals surface area contributed by atoms with Crippen LogP contribution >= 0.6 is 0 Å². The summed E-state index contributed by atoms with van der Waals surface area (Å²) in [5.74, 6) is 0.544.